The average molecular weight is 270 g/mol. The molecule has 5 heterocycles. The third kappa shape index (κ3) is 0.899. The van der Waals surface area contributed by atoms with Gasteiger partial charge in [-0.1, -0.05) is 0 Å². The first-order valence-corrected chi connectivity index (χ1v) is 6.08. The number of nitrogen functional groups attached to an aromatic ring is 2. The number of aromatic nitrogens is 4. The fraction of sp³-hybridized carbons (Fsp3) is 0.200. The molecule has 2 aromatic heterocycles. The second kappa shape index (κ2) is 2.92. The Bertz CT molecular complexity index is 681. The van der Waals surface area contributed by atoms with Crippen LogP contribution in [0.25, 0.3) is 0 Å². The number of hydrogen-bond donors (Lipinski definition) is 4. The Labute approximate surface area is 112 Å². The Morgan fingerprint density at radius 2 is 1.25 bits per heavy atom. The van der Waals surface area contributed by atoms with Crippen molar-refractivity contribution in [2.75, 3.05) is 32.1 Å². The molecule has 0 bridgehead atoms. The molecule has 6 N–H and O–H groups in total. The zero-order valence-corrected chi connectivity index (χ0v) is 10.1. The largest absolute Gasteiger partial charge is 0.382 e. The molecule has 0 aliphatic carbocycles. The molecule has 0 amide bonds. The summed E-state index contributed by atoms with van der Waals surface area (Å²) < 4.78 is 0. The summed E-state index contributed by atoms with van der Waals surface area (Å²) in [5.41, 5.74) is 13.4. The van der Waals surface area contributed by atoms with Crippen molar-refractivity contribution >= 4 is 34.6 Å². The first-order chi connectivity index (χ1) is 9.75. The van der Waals surface area contributed by atoms with Gasteiger partial charge >= 0.3 is 0 Å². The van der Waals surface area contributed by atoms with E-state index in [1.54, 1.807) is 0 Å². The Morgan fingerprint density at radius 3 is 1.70 bits per heavy atom. The van der Waals surface area contributed by atoms with E-state index in [1.807, 2.05) is 10.0 Å². The molecule has 0 spiro atoms. The van der Waals surface area contributed by atoms with Crippen LogP contribution in [0.1, 0.15) is 0 Å². The molecular formula is C10H10N10. The zero-order valence-electron chi connectivity index (χ0n) is 10.1. The van der Waals surface area contributed by atoms with Gasteiger partial charge in [0.1, 0.15) is 24.0 Å². The lowest BCUT2D eigenvalue weighted by molar-refractivity contribution is 0.425. The maximum atomic E-state index is 5.96. The normalized spacial score (nSPS) is 24.0. The van der Waals surface area contributed by atoms with Crippen LogP contribution in [0, 0.1) is 0 Å². The van der Waals surface area contributed by atoms with E-state index < -0.39 is 0 Å². The van der Waals surface area contributed by atoms with E-state index >= 15 is 0 Å². The van der Waals surface area contributed by atoms with Crippen molar-refractivity contribution in [3.63, 3.8) is 0 Å². The van der Waals surface area contributed by atoms with Gasteiger partial charge in [0.15, 0.2) is 35.6 Å². The molecule has 2 unspecified atom stereocenters. The van der Waals surface area contributed by atoms with Crippen LogP contribution in [0.2, 0.25) is 0 Å². The van der Waals surface area contributed by atoms with Gasteiger partial charge in [-0.2, -0.15) is 0 Å². The molecule has 0 saturated carbocycles. The molecule has 10 nitrogen and oxygen atoms in total. The molecule has 20 heavy (non-hydrogen) atoms. The third-order valence-electron chi connectivity index (χ3n) is 3.79. The molecule has 2 atom stereocenters. The van der Waals surface area contributed by atoms with E-state index in [0.717, 1.165) is 23.0 Å². The van der Waals surface area contributed by atoms with Crippen molar-refractivity contribution in [1.29, 1.82) is 0 Å². The van der Waals surface area contributed by atoms with Gasteiger partial charge in [-0.25, -0.2) is 30.0 Å². The zero-order chi connectivity index (χ0) is 13.4. The van der Waals surface area contributed by atoms with Crippen molar-refractivity contribution < 1.29 is 0 Å². The molecule has 1 fully saturated rings. The molecular weight excluding hydrogens is 260 g/mol. The number of nitrogens with zero attached hydrogens (tertiary/aromatic N) is 6. The summed E-state index contributed by atoms with van der Waals surface area (Å²) in [5.74, 6) is 2.28. The summed E-state index contributed by atoms with van der Waals surface area (Å²) in [6, 6.07) is 0. The Kier molecular flexibility index (Phi) is 1.44. The molecule has 0 aromatic carbocycles. The number of fused-ring (bicyclic) bond motifs is 8. The van der Waals surface area contributed by atoms with Crippen molar-refractivity contribution in [3.05, 3.63) is 12.7 Å². The fourth-order valence-electron chi connectivity index (χ4n) is 2.97. The summed E-state index contributed by atoms with van der Waals surface area (Å²) in [7, 11) is 0. The van der Waals surface area contributed by atoms with E-state index in [0.29, 0.717) is 11.6 Å². The van der Waals surface area contributed by atoms with Gasteiger partial charge in [0.05, 0.1) is 0 Å². The Balaban J connectivity index is 1.68. The monoisotopic (exact) mass is 270 g/mol. The van der Waals surface area contributed by atoms with Crippen LogP contribution >= 0.6 is 0 Å². The Hall–Kier alpha value is -3.04. The molecule has 5 rings (SSSR count). The van der Waals surface area contributed by atoms with Crippen molar-refractivity contribution in [2.24, 2.45) is 0 Å². The average Bonchev–Trinajstić information content (AvgIpc) is 2.92. The lowest BCUT2D eigenvalue weighted by Crippen LogP contribution is -2.73. The van der Waals surface area contributed by atoms with Gasteiger partial charge in [-0.15, -0.1) is 0 Å². The van der Waals surface area contributed by atoms with Crippen molar-refractivity contribution in [2.45, 2.75) is 12.3 Å². The molecule has 0 radical (unpaired) electrons. The third-order valence-corrected chi connectivity index (χ3v) is 3.79. The quantitative estimate of drug-likeness (QED) is 0.480. The first-order valence-electron chi connectivity index (χ1n) is 6.08. The first kappa shape index (κ1) is 9.83. The maximum absolute atomic E-state index is 5.96. The smallest absolute Gasteiger partial charge is 0.161 e. The highest BCUT2D eigenvalue weighted by Gasteiger charge is 2.58. The molecule has 10 heteroatoms. The van der Waals surface area contributed by atoms with Gasteiger partial charge in [-0.3, -0.25) is 0 Å². The standard InChI is InChI=1S/C10H10N10/c11-5-3-7(15-1-13-5)17-9-10-18-8-4(20(10)19(3)9)6(12)14-2-16-8/h1-2,9-10H,(H3,11,13,15,17)(H3,12,14,16,18). The van der Waals surface area contributed by atoms with E-state index in [4.69, 9.17) is 11.5 Å². The minimum atomic E-state index is 0.0117. The predicted molar refractivity (Wildman–Crippen MR) is 72.7 cm³/mol. The van der Waals surface area contributed by atoms with Crippen molar-refractivity contribution in [1.82, 2.24) is 19.9 Å². The van der Waals surface area contributed by atoms with Gasteiger partial charge < -0.3 is 22.1 Å². The van der Waals surface area contributed by atoms with Crippen molar-refractivity contribution in [3.8, 4) is 0 Å². The lowest BCUT2D eigenvalue weighted by atomic mass is 10.2. The van der Waals surface area contributed by atoms with E-state index in [-0.39, 0.29) is 12.3 Å². The molecule has 3 aliphatic heterocycles. The highest BCUT2D eigenvalue weighted by Crippen LogP contribution is 2.52. The Morgan fingerprint density at radius 1 is 0.800 bits per heavy atom. The lowest BCUT2D eigenvalue weighted by Gasteiger charge is -2.51. The number of hydrazine groups is 1. The summed E-state index contributed by atoms with van der Waals surface area (Å²) in [6.45, 7) is 0. The van der Waals surface area contributed by atoms with E-state index in [1.165, 1.54) is 12.7 Å². The summed E-state index contributed by atoms with van der Waals surface area (Å²) in [4.78, 5) is 16.5. The number of anilines is 6. The second-order valence-corrected chi connectivity index (χ2v) is 4.78. The SMILES string of the molecule is Nc1ncnc2c1N1C(N2)C2Nc3ncnc(N)c3N21. The summed E-state index contributed by atoms with van der Waals surface area (Å²) in [6.07, 6.45) is 2.91. The van der Waals surface area contributed by atoms with Crippen LogP contribution < -0.4 is 32.1 Å². The highest BCUT2D eigenvalue weighted by molar-refractivity contribution is 5.93. The minimum absolute atomic E-state index is 0.0117. The number of rotatable bonds is 0. The highest BCUT2D eigenvalue weighted by atomic mass is 15.8. The predicted octanol–water partition coefficient (Wildman–Crippen LogP) is -0.824. The van der Waals surface area contributed by atoms with Gasteiger partial charge in [-0.05, 0) is 0 Å². The van der Waals surface area contributed by atoms with Gasteiger partial charge in [0, 0.05) is 0 Å². The van der Waals surface area contributed by atoms with E-state index in [9.17, 15) is 0 Å². The minimum Gasteiger partial charge on any atom is -0.382 e. The van der Waals surface area contributed by atoms with Crippen LogP contribution in [0.15, 0.2) is 12.7 Å². The second-order valence-electron chi connectivity index (χ2n) is 4.78. The number of nitrogens with one attached hydrogen (secondary N) is 2. The number of hydrogen-bond acceptors (Lipinski definition) is 10. The van der Waals surface area contributed by atoms with Gasteiger partial charge in [0.2, 0.25) is 0 Å². The topological polar surface area (TPSA) is 134 Å². The molecule has 3 aliphatic rings. The van der Waals surface area contributed by atoms with Crippen LogP contribution in [0.4, 0.5) is 34.6 Å². The molecule has 100 valence electrons. The van der Waals surface area contributed by atoms with Crippen LogP contribution in [0.5, 0.6) is 0 Å². The number of nitrogens with two attached hydrogens (primary N) is 2. The van der Waals surface area contributed by atoms with Crippen LogP contribution in [-0.4, -0.2) is 32.3 Å². The van der Waals surface area contributed by atoms with Crippen LogP contribution in [0.3, 0.4) is 0 Å². The molecule has 1 saturated heterocycles. The van der Waals surface area contributed by atoms with E-state index in [2.05, 4.69) is 30.6 Å². The van der Waals surface area contributed by atoms with Crippen LogP contribution in [-0.2, 0) is 0 Å². The summed E-state index contributed by atoms with van der Waals surface area (Å²) >= 11 is 0. The fourth-order valence-corrected chi connectivity index (χ4v) is 2.97. The summed E-state index contributed by atoms with van der Waals surface area (Å²) in [5, 5.41) is 10.6. The van der Waals surface area contributed by atoms with Gasteiger partial charge in [0.25, 0.3) is 0 Å². The maximum Gasteiger partial charge on any atom is 0.161 e. The molecule has 2 aromatic rings.